The molecule has 1 aliphatic heterocycles. The number of rotatable bonds is 2. The van der Waals surface area contributed by atoms with Gasteiger partial charge >= 0.3 is 0 Å². The smallest absolute Gasteiger partial charge is 0.124 e. The lowest BCUT2D eigenvalue weighted by Crippen LogP contribution is -2.22. The number of methoxy groups -OCH3 is 1. The Labute approximate surface area is 101 Å². The number of hydrogen-bond donors (Lipinski definition) is 1. The Morgan fingerprint density at radius 2 is 2.24 bits per heavy atom. The summed E-state index contributed by atoms with van der Waals surface area (Å²) in [7, 11) is 1.71. The Morgan fingerprint density at radius 3 is 3.00 bits per heavy atom. The van der Waals surface area contributed by atoms with E-state index in [-0.39, 0.29) is 0 Å². The van der Waals surface area contributed by atoms with Crippen LogP contribution in [0.15, 0.2) is 28.8 Å². The molecule has 88 valence electrons. The van der Waals surface area contributed by atoms with Crippen LogP contribution in [0.4, 0.5) is 0 Å². The summed E-state index contributed by atoms with van der Waals surface area (Å²) < 4.78 is 5.25. The number of aliphatic imine (C=N–C) groups is 1. The zero-order valence-electron chi connectivity index (χ0n) is 9.99. The molecule has 0 atom stereocenters. The summed E-state index contributed by atoms with van der Waals surface area (Å²) in [5, 5.41) is 3.34. The molecule has 0 bridgehead atoms. The minimum atomic E-state index is 0.905. The van der Waals surface area contributed by atoms with Gasteiger partial charge in [-0.15, -0.1) is 0 Å². The number of benzene rings is 1. The minimum absolute atomic E-state index is 0.905. The summed E-state index contributed by atoms with van der Waals surface area (Å²) >= 11 is 0. The Hall–Kier alpha value is -1.77. The summed E-state index contributed by atoms with van der Waals surface area (Å²) in [6.45, 7) is 1.88. The second-order valence-corrected chi connectivity index (χ2v) is 4.39. The number of hydrogen-bond acceptors (Lipinski definition) is 3. The first-order valence-corrected chi connectivity index (χ1v) is 6.03. The van der Waals surface area contributed by atoms with Crippen LogP contribution in [0.5, 0.6) is 5.75 Å². The summed E-state index contributed by atoms with van der Waals surface area (Å²) in [4.78, 5) is 4.48. The lowest BCUT2D eigenvalue weighted by atomic mass is 9.91. The molecule has 3 heteroatoms. The van der Waals surface area contributed by atoms with Crippen LogP contribution in [0.2, 0.25) is 0 Å². The van der Waals surface area contributed by atoms with Gasteiger partial charge in [0.05, 0.1) is 13.7 Å². The zero-order valence-corrected chi connectivity index (χ0v) is 9.99. The van der Waals surface area contributed by atoms with E-state index in [1.165, 1.54) is 16.7 Å². The lowest BCUT2D eigenvalue weighted by Gasteiger charge is -2.17. The molecule has 1 N–H and O–H groups in total. The predicted molar refractivity (Wildman–Crippen MR) is 69.6 cm³/mol. The van der Waals surface area contributed by atoms with Gasteiger partial charge in [-0.1, -0.05) is 6.07 Å². The quantitative estimate of drug-likeness (QED) is 0.840. The fraction of sp³-hybridized carbons (Fsp3) is 0.357. The molecule has 0 amide bonds. The first kappa shape index (κ1) is 10.4. The third-order valence-electron chi connectivity index (χ3n) is 3.32. The van der Waals surface area contributed by atoms with Gasteiger partial charge < -0.3 is 10.1 Å². The summed E-state index contributed by atoms with van der Waals surface area (Å²) in [5.41, 5.74) is 4.00. The Morgan fingerprint density at radius 1 is 1.29 bits per heavy atom. The third kappa shape index (κ3) is 1.93. The zero-order chi connectivity index (χ0) is 11.7. The molecule has 1 heterocycles. The van der Waals surface area contributed by atoms with Crippen molar-refractivity contribution in [2.24, 2.45) is 4.99 Å². The largest absolute Gasteiger partial charge is 0.497 e. The predicted octanol–water partition coefficient (Wildman–Crippen LogP) is 2.03. The number of ether oxygens (including phenoxy) is 1. The molecule has 1 aromatic rings. The molecule has 0 saturated carbocycles. The van der Waals surface area contributed by atoms with Crippen molar-refractivity contribution in [3.8, 4) is 5.75 Å². The SMILES string of the molecule is COc1ccc2c(c1)CCC(C1=NCCN1)=C2. The molecular formula is C14H16N2O. The molecular weight excluding hydrogens is 212 g/mol. The highest BCUT2D eigenvalue weighted by molar-refractivity contribution is 6.03. The molecule has 1 aliphatic carbocycles. The highest BCUT2D eigenvalue weighted by atomic mass is 16.5. The number of nitrogens with zero attached hydrogens (tertiary/aromatic N) is 1. The topological polar surface area (TPSA) is 33.6 Å². The van der Waals surface area contributed by atoms with Crippen LogP contribution in [0.25, 0.3) is 6.08 Å². The average Bonchev–Trinajstić information content (AvgIpc) is 2.91. The van der Waals surface area contributed by atoms with Crippen molar-refractivity contribution >= 4 is 11.9 Å². The molecule has 0 spiro atoms. The average molecular weight is 228 g/mol. The molecule has 0 fully saturated rings. The van der Waals surface area contributed by atoms with Crippen molar-refractivity contribution in [1.82, 2.24) is 5.32 Å². The molecule has 3 nitrogen and oxygen atoms in total. The second kappa shape index (κ2) is 4.24. The maximum atomic E-state index is 5.25. The standard InChI is InChI=1S/C14H16N2O/c1-17-13-5-4-10-8-12(3-2-11(10)9-13)14-15-6-7-16-14/h4-5,8-9H,2-3,6-7H2,1H3,(H,15,16). The van der Waals surface area contributed by atoms with Crippen LogP contribution in [-0.2, 0) is 6.42 Å². The summed E-state index contributed by atoms with van der Waals surface area (Å²) in [6.07, 6.45) is 4.38. The van der Waals surface area contributed by atoms with Crippen LogP contribution in [0.1, 0.15) is 17.5 Å². The van der Waals surface area contributed by atoms with Crippen molar-refractivity contribution in [2.45, 2.75) is 12.8 Å². The minimum Gasteiger partial charge on any atom is -0.497 e. The van der Waals surface area contributed by atoms with E-state index in [2.05, 4.69) is 28.5 Å². The van der Waals surface area contributed by atoms with Crippen molar-refractivity contribution in [3.05, 3.63) is 34.9 Å². The molecule has 0 aromatic heterocycles. The molecule has 1 aromatic carbocycles. The van der Waals surface area contributed by atoms with Gasteiger partial charge in [0.1, 0.15) is 11.6 Å². The van der Waals surface area contributed by atoms with E-state index in [4.69, 9.17) is 4.74 Å². The monoisotopic (exact) mass is 228 g/mol. The number of nitrogens with one attached hydrogen (secondary N) is 1. The second-order valence-electron chi connectivity index (χ2n) is 4.39. The molecule has 0 saturated heterocycles. The van der Waals surface area contributed by atoms with E-state index in [0.29, 0.717) is 0 Å². The van der Waals surface area contributed by atoms with Crippen LogP contribution in [0.3, 0.4) is 0 Å². The first-order chi connectivity index (χ1) is 8.36. The Kier molecular flexibility index (Phi) is 2.59. The fourth-order valence-electron chi connectivity index (χ4n) is 2.40. The van der Waals surface area contributed by atoms with E-state index in [9.17, 15) is 0 Å². The van der Waals surface area contributed by atoms with Crippen molar-refractivity contribution < 1.29 is 4.74 Å². The summed E-state index contributed by atoms with van der Waals surface area (Å²) in [5.74, 6) is 2.03. The van der Waals surface area contributed by atoms with Crippen LogP contribution >= 0.6 is 0 Å². The van der Waals surface area contributed by atoms with Crippen molar-refractivity contribution in [2.75, 3.05) is 20.2 Å². The van der Waals surface area contributed by atoms with Gasteiger partial charge in [0.25, 0.3) is 0 Å². The van der Waals surface area contributed by atoms with Crippen LogP contribution in [0, 0.1) is 0 Å². The van der Waals surface area contributed by atoms with Gasteiger partial charge in [0, 0.05) is 6.54 Å². The highest BCUT2D eigenvalue weighted by Crippen LogP contribution is 2.27. The lowest BCUT2D eigenvalue weighted by molar-refractivity contribution is 0.414. The number of aryl methyl sites for hydroxylation is 1. The van der Waals surface area contributed by atoms with Crippen LogP contribution < -0.4 is 10.1 Å². The maximum Gasteiger partial charge on any atom is 0.124 e. The Balaban J connectivity index is 1.94. The highest BCUT2D eigenvalue weighted by Gasteiger charge is 2.16. The van der Waals surface area contributed by atoms with Gasteiger partial charge in [0.2, 0.25) is 0 Å². The van der Waals surface area contributed by atoms with Crippen molar-refractivity contribution in [1.29, 1.82) is 0 Å². The van der Waals surface area contributed by atoms with E-state index in [1.54, 1.807) is 7.11 Å². The fourth-order valence-corrected chi connectivity index (χ4v) is 2.40. The molecule has 2 aliphatic rings. The van der Waals surface area contributed by atoms with Gasteiger partial charge in [-0.25, -0.2) is 0 Å². The maximum absolute atomic E-state index is 5.25. The number of fused-ring (bicyclic) bond motifs is 1. The van der Waals surface area contributed by atoms with E-state index in [0.717, 1.165) is 37.5 Å². The van der Waals surface area contributed by atoms with Gasteiger partial charge in [0.15, 0.2) is 0 Å². The van der Waals surface area contributed by atoms with E-state index >= 15 is 0 Å². The van der Waals surface area contributed by atoms with Gasteiger partial charge in [-0.2, -0.15) is 0 Å². The van der Waals surface area contributed by atoms with Gasteiger partial charge in [-0.05, 0) is 47.8 Å². The molecule has 0 radical (unpaired) electrons. The Bertz CT molecular complexity index is 503. The third-order valence-corrected chi connectivity index (χ3v) is 3.32. The molecule has 0 unspecified atom stereocenters. The molecule has 3 rings (SSSR count). The summed E-state index contributed by atoms with van der Waals surface area (Å²) in [6, 6.07) is 6.28. The van der Waals surface area contributed by atoms with E-state index < -0.39 is 0 Å². The van der Waals surface area contributed by atoms with Gasteiger partial charge in [-0.3, -0.25) is 4.99 Å². The molecule has 17 heavy (non-hydrogen) atoms. The normalized spacial score (nSPS) is 17.9. The van der Waals surface area contributed by atoms with Crippen LogP contribution in [-0.4, -0.2) is 26.0 Å². The first-order valence-electron chi connectivity index (χ1n) is 6.03. The van der Waals surface area contributed by atoms with Crippen molar-refractivity contribution in [3.63, 3.8) is 0 Å². The number of amidine groups is 1. The van der Waals surface area contributed by atoms with E-state index in [1.807, 2.05) is 6.07 Å².